The fourth-order valence-corrected chi connectivity index (χ4v) is 1.13. The van der Waals surface area contributed by atoms with Gasteiger partial charge < -0.3 is 16.6 Å². The van der Waals surface area contributed by atoms with Gasteiger partial charge in [-0.25, -0.2) is 0 Å². The van der Waals surface area contributed by atoms with E-state index in [0.717, 1.165) is 6.07 Å². The van der Waals surface area contributed by atoms with Gasteiger partial charge in [0.25, 0.3) is 0 Å². The number of rotatable bonds is 4. The molecule has 86 valence electrons. The highest BCUT2D eigenvalue weighted by atomic mass is 35.5. The van der Waals surface area contributed by atoms with Crippen LogP contribution in [-0.4, -0.2) is 22.9 Å². The zero-order valence-corrected chi connectivity index (χ0v) is 8.78. The second-order valence-corrected chi connectivity index (χ2v) is 3.33. The van der Waals surface area contributed by atoms with Gasteiger partial charge >= 0.3 is 5.97 Å². The summed E-state index contributed by atoms with van der Waals surface area (Å²) in [6.45, 7) is 0. The molecular weight excluding hydrogens is 232 g/mol. The van der Waals surface area contributed by atoms with Gasteiger partial charge in [-0.2, -0.15) is 0 Å². The lowest BCUT2D eigenvalue weighted by molar-refractivity contribution is -0.138. The van der Waals surface area contributed by atoms with E-state index in [-0.39, 0.29) is 22.3 Å². The van der Waals surface area contributed by atoms with Gasteiger partial charge in [0, 0.05) is 25.4 Å². The molecule has 1 atom stereocenters. The number of nitrogens with two attached hydrogens (primary N) is 2. The van der Waals surface area contributed by atoms with E-state index < -0.39 is 24.2 Å². The zero-order chi connectivity index (χ0) is 15.0. The predicted octanol–water partition coefficient (Wildman–Crippen LogP) is 0.907. The first-order valence-electron chi connectivity index (χ1n) is 5.68. The number of aliphatic carboxylic acids is 1. The van der Waals surface area contributed by atoms with Gasteiger partial charge in [-0.3, -0.25) is 9.59 Å². The van der Waals surface area contributed by atoms with E-state index >= 15 is 0 Å². The zero-order valence-electron chi connectivity index (χ0n) is 11.0. The molecule has 0 fully saturated rings. The number of carboxylic acids is 1. The Kier molecular flexibility index (Phi) is 2.65. The van der Waals surface area contributed by atoms with E-state index in [9.17, 15) is 9.59 Å². The average Bonchev–Trinajstić information content (AvgIpc) is 2.34. The van der Waals surface area contributed by atoms with Gasteiger partial charge in [0.05, 0.1) is 1.37 Å². The van der Waals surface area contributed by atoms with Crippen LogP contribution in [0.4, 0.5) is 5.69 Å². The van der Waals surface area contributed by atoms with Gasteiger partial charge in [-0.05, 0) is 18.2 Å². The highest BCUT2D eigenvalue weighted by Gasteiger charge is 2.18. The fraction of sp³-hybridized carbons (Fsp3) is 0.200. The lowest BCUT2D eigenvalue weighted by atomic mass is 10.0. The average molecular weight is 246 g/mol. The Morgan fingerprint density at radius 2 is 2.25 bits per heavy atom. The Balaban J connectivity index is 3.28. The molecule has 1 unspecified atom stereocenters. The molecule has 0 radical (unpaired) electrons. The Bertz CT molecular complexity index is 551. The quantitative estimate of drug-likeness (QED) is 0.540. The van der Waals surface area contributed by atoms with Crippen LogP contribution in [-0.2, 0) is 4.79 Å². The highest BCUT2D eigenvalue weighted by Crippen LogP contribution is 2.19. The maximum atomic E-state index is 12.0. The minimum absolute atomic E-state index is 0.00264. The molecule has 0 spiro atoms. The normalized spacial score (nSPS) is 15.8. The van der Waals surface area contributed by atoms with Crippen LogP contribution in [0.1, 0.15) is 20.8 Å². The maximum absolute atomic E-state index is 12.0. The van der Waals surface area contributed by atoms with Crippen LogP contribution < -0.4 is 11.5 Å². The molecule has 0 amide bonds. The van der Waals surface area contributed by atoms with Crippen molar-refractivity contribution in [3.8, 4) is 0 Å². The summed E-state index contributed by atoms with van der Waals surface area (Å²) in [5.41, 5.74) is 10.0. The van der Waals surface area contributed by atoms with E-state index in [1.807, 2.05) is 0 Å². The smallest absolute Gasteiger partial charge is 0.320 e. The fourth-order valence-electron chi connectivity index (χ4n) is 0.963. The Morgan fingerprint density at radius 3 is 2.81 bits per heavy atom. The number of hydrogen-bond donors (Lipinski definition) is 3. The molecule has 5 nitrogen and oxygen atoms in total. The molecule has 0 bridgehead atoms. The van der Waals surface area contributed by atoms with Crippen molar-refractivity contribution in [2.45, 2.75) is 12.4 Å². The van der Waals surface area contributed by atoms with Crippen molar-refractivity contribution in [3.05, 3.63) is 28.8 Å². The van der Waals surface area contributed by atoms with Crippen LogP contribution in [0.25, 0.3) is 0 Å². The summed E-state index contributed by atoms with van der Waals surface area (Å²) in [7, 11) is 0. The minimum atomic E-state index is -2.85. The maximum Gasteiger partial charge on any atom is 0.320 e. The standard InChI is InChI=1S/C10H11ClN2O3/c11-5-1-2-6(7(12)3-5)9(14)4-8(13)10(15)16/h1-3,8H,4,12-13H2,(H,15,16)/i3D,4D2. The van der Waals surface area contributed by atoms with E-state index in [4.69, 9.17) is 32.3 Å². The minimum Gasteiger partial charge on any atom is -0.480 e. The monoisotopic (exact) mass is 245 g/mol. The number of anilines is 1. The summed E-state index contributed by atoms with van der Waals surface area (Å²) >= 11 is 5.63. The first kappa shape index (κ1) is 8.55. The summed E-state index contributed by atoms with van der Waals surface area (Å²) in [5, 5.41) is 8.67. The molecule has 6 heteroatoms. The van der Waals surface area contributed by atoms with Crippen LogP contribution in [0.2, 0.25) is 5.02 Å². The molecule has 16 heavy (non-hydrogen) atoms. The number of carboxylic acid groups (broad SMARTS) is 1. The van der Waals surface area contributed by atoms with Gasteiger partial charge in [0.1, 0.15) is 6.04 Å². The van der Waals surface area contributed by atoms with Crippen molar-refractivity contribution in [1.82, 2.24) is 0 Å². The molecule has 0 aliphatic carbocycles. The highest BCUT2D eigenvalue weighted by molar-refractivity contribution is 6.31. The number of carbonyl (C=O) groups excluding carboxylic acids is 1. The van der Waals surface area contributed by atoms with E-state index in [1.165, 1.54) is 6.07 Å². The number of nitrogen functional groups attached to an aromatic ring is 1. The van der Waals surface area contributed by atoms with Gasteiger partial charge in [-0.15, -0.1) is 0 Å². The Morgan fingerprint density at radius 1 is 1.62 bits per heavy atom. The summed E-state index contributed by atoms with van der Waals surface area (Å²) < 4.78 is 22.5. The third kappa shape index (κ3) is 2.95. The van der Waals surface area contributed by atoms with Crippen LogP contribution in [0.5, 0.6) is 0 Å². The van der Waals surface area contributed by atoms with Gasteiger partial charge in [0.2, 0.25) is 0 Å². The van der Waals surface area contributed by atoms with Crippen molar-refractivity contribution < 1.29 is 18.8 Å². The molecule has 5 N–H and O–H groups in total. The predicted molar refractivity (Wildman–Crippen MR) is 60.4 cm³/mol. The van der Waals surface area contributed by atoms with Crippen molar-refractivity contribution in [3.63, 3.8) is 0 Å². The summed E-state index contributed by atoms with van der Waals surface area (Å²) in [6, 6.07) is -0.0308. The molecule has 0 aromatic heterocycles. The lowest BCUT2D eigenvalue weighted by Crippen LogP contribution is -2.32. The lowest BCUT2D eigenvalue weighted by Gasteiger charge is -2.07. The first-order valence-corrected chi connectivity index (χ1v) is 4.56. The molecule has 0 aliphatic rings. The number of carbonyl (C=O) groups is 2. The third-order valence-corrected chi connectivity index (χ3v) is 1.96. The second kappa shape index (κ2) is 4.96. The number of ketones is 1. The largest absolute Gasteiger partial charge is 0.480 e. The second-order valence-electron chi connectivity index (χ2n) is 2.92. The molecular formula is C10H11ClN2O3. The Labute approximate surface area is 101 Å². The van der Waals surface area contributed by atoms with E-state index in [0.29, 0.717) is 0 Å². The van der Waals surface area contributed by atoms with Crippen LogP contribution in [0.3, 0.4) is 0 Å². The third-order valence-electron chi connectivity index (χ3n) is 1.74. The number of benzene rings is 1. The van der Waals surface area contributed by atoms with E-state index in [2.05, 4.69) is 0 Å². The molecule has 1 rings (SSSR count). The molecule has 0 saturated heterocycles. The van der Waals surface area contributed by atoms with Crippen LogP contribution in [0.15, 0.2) is 18.2 Å². The summed E-state index contributed by atoms with van der Waals surface area (Å²) in [4.78, 5) is 22.7. The topological polar surface area (TPSA) is 106 Å². The Hall–Kier alpha value is -1.59. The van der Waals surface area contributed by atoms with Gasteiger partial charge in [0.15, 0.2) is 5.78 Å². The molecule has 0 saturated carbocycles. The van der Waals surface area contributed by atoms with Crippen molar-refractivity contribution in [2.75, 3.05) is 5.73 Å². The van der Waals surface area contributed by atoms with Gasteiger partial charge in [-0.1, -0.05) is 11.6 Å². The number of hydrogen-bond acceptors (Lipinski definition) is 4. The summed E-state index contributed by atoms with van der Waals surface area (Å²) in [5.74, 6) is -2.86. The van der Waals surface area contributed by atoms with Crippen molar-refractivity contribution in [2.24, 2.45) is 5.73 Å². The molecule has 0 aliphatic heterocycles. The van der Waals surface area contributed by atoms with Crippen molar-refractivity contribution in [1.29, 1.82) is 0 Å². The number of Topliss-reactive ketones (excluding diaryl/α,β-unsaturated/α-hetero) is 1. The van der Waals surface area contributed by atoms with Crippen molar-refractivity contribution >= 4 is 29.0 Å². The molecule has 1 aromatic rings. The molecule has 0 heterocycles. The van der Waals surface area contributed by atoms with E-state index in [1.54, 1.807) is 0 Å². The summed E-state index contributed by atoms with van der Waals surface area (Å²) in [6.07, 6.45) is -2.85. The first-order chi connectivity index (χ1) is 8.60. The SMILES string of the molecule is [2H]c1c(Cl)ccc(C(=O)C([2H])([2H])C(N)C(=O)O)c1N. The van der Waals surface area contributed by atoms with Crippen LogP contribution in [0, 0.1) is 0 Å². The molecule has 1 aromatic carbocycles. The van der Waals surface area contributed by atoms with Crippen LogP contribution >= 0.6 is 11.6 Å². The number of halogens is 1.